The molecule has 4 rings (SSSR count). The third-order valence-corrected chi connectivity index (χ3v) is 6.15. The van der Waals surface area contributed by atoms with Gasteiger partial charge in [0, 0.05) is 39.3 Å². The fourth-order valence-electron chi connectivity index (χ4n) is 4.11. The number of carbonyl (C=O) groups is 1. The zero-order chi connectivity index (χ0) is 25.7. The van der Waals surface area contributed by atoms with E-state index >= 15 is 0 Å². The first-order chi connectivity index (χ1) is 17.2. The summed E-state index contributed by atoms with van der Waals surface area (Å²) in [6, 6.07) is 12.7. The van der Waals surface area contributed by atoms with E-state index in [2.05, 4.69) is 9.88 Å². The maximum Gasteiger partial charge on any atom is 0.416 e. The highest BCUT2D eigenvalue weighted by Gasteiger charge is 2.30. The summed E-state index contributed by atoms with van der Waals surface area (Å²) in [6.07, 6.45) is -3.07. The summed E-state index contributed by atoms with van der Waals surface area (Å²) in [5, 5.41) is 0. The second-order valence-electron chi connectivity index (χ2n) is 8.91. The summed E-state index contributed by atoms with van der Waals surface area (Å²) in [6.45, 7) is 3.72. The predicted octanol–water partition coefficient (Wildman–Crippen LogP) is 4.29. The number of alkyl halides is 3. The largest absolute Gasteiger partial charge is 0.497 e. The van der Waals surface area contributed by atoms with Crippen LogP contribution in [-0.4, -0.2) is 65.9 Å². The van der Waals surface area contributed by atoms with Crippen molar-refractivity contribution < 1.29 is 27.1 Å². The number of aromatic nitrogens is 1. The highest BCUT2D eigenvalue weighted by molar-refractivity contribution is 5.92. The second-order valence-corrected chi connectivity index (χ2v) is 8.91. The molecule has 10 heteroatoms. The van der Waals surface area contributed by atoms with E-state index in [4.69, 9.17) is 9.15 Å². The molecule has 0 N–H and O–H groups in total. The number of methoxy groups -OCH3 is 1. The zero-order valence-electron chi connectivity index (χ0n) is 20.3. The number of benzene rings is 2. The van der Waals surface area contributed by atoms with Crippen LogP contribution in [0.5, 0.6) is 5.75 Å². The van der Waals surface area contributed by atoms with Crippen molar-refractivity contribution in [1.29, 1.82) is 0 Å². The van der Waals surface area contributed by atoms with Crippen molar-refractivity contribution in [2.24, 2.45) is 0 Å². The number of rotatable bonds is 8. The van der Waals surface area contributed by atoms with E-state index in [1.807, 2.05) is 36.2 Å². The molecule has 0 radical (unpaired) electrons. The zero-order valence-corrected chi connectivity index (χ0v) is 20.3. The van der Waals surface area contributed by atoms with Gasteiger partial charge in [-0.25, -0.2) is 4.98 Å². The number of carbonyl (C=O) groups excluding carboxylic acids is 1. The summed E-state index contributed by atoms with van der Waals surface area (Å²) in [4.78, 5) is 23.1. The normalized spacial score (nSPS) is 14.9. The Morgan fingerprint density at radius 1 is 1.03 bits per heavy atom. The van der Waals surface area contributed by atoms with Crippen molar-refractivity contribution in [2.75, 3.05) is 40.3 Å². The standard InChI is InChI=1S/C26H29F3N4O3/c1-31-10-12-33(13-11-31)25(34)23-18-36-24(30-23)17-32(15-19-6-8-22(35-2)9-7-19)16-20-4-3-5-21(14-20)26(27,28)29/h3-9,14,18H,10-13,15-17H2,1-2H3. The lowest BCUT2D eigenvalue weighted by Gasteiger charge is -2.31. The van der Waals surface area contributed by atoms with Crippen molar-refractivity contribution >= 4 is 5.91 Å². The minimum absolute atomic E-state index is 0.183. The Balaban J connectivity index is 1.51. The van der Waals surface area contributed by atoms with Crippen LogP contribution in [0.4, 0.5) is 13.2 Å². The molecule has 2 aromatic carbocycles. The SMILES string of the molecule is COc1ccc(CN(Cc2cccc(C(F)(F)F)c2)Cc2nc(C(=O)N3CCN(C)CC3)co2)cc1. The minimum atomic E-state index is -4.42. The second kappa shape index (κ2) is 11.1. The van der Waals surface area contributed by atoms with Gasteiger partial charge in [-0.15, -0.1) is 0 Å². The van der Waals surface area contributed by atoms with Gasteiger partial charge >= 0.3 is 6.18 Å². The molecule has 3 aromatic rings. The van der Waals surface area contributed by atoms with Crippen LogP contribution in [0.25, 0.3) is 0 Å². The molecule has 0 unspecified atom stereocenters. The van der Waals surface area contributed by atoms with Gasteiger partial charge in [0.05, 0.1) is 19.2 Å². The molecule has 192 valence electrons. The Morgan fingerprint density at radius 3 is 2.39 bits per heavy atom. The van der Waals surface area contributed by atoms with Gasteiger partial charge in [0.1, 0.15) is 12.0 Å². The first kappa shape index (κ1) is 25.7. The summed E-state index contributed by atoms with van der Waals surface area (Å²) < 4.78 is 50.5. The fourth-order valence-corrected chi connectivity index (χ4v) is 4.11. The highest BCUT2D eigenvalue weighted by Crippen LogP contribution is 2.30. The van der Waals surface area contributed by atoms with Gasteiger partial charge in [0.25, 0.3) is 5.91 Å². The Bertz CT molecular complexity index is 1160. The number of amides is 1. The third-order valence-electron chi connectivity index (χ3n) is 6.15. The lowest BCUT2D eigenvalue weighted by Crippen LogP contribution is -2.47. The highest BCUT2D eigenvalue weighted by atomic mass is 19.4. The number of piperazine rings is 1. The maximum atomic E-state index is 13.2. The van der Waals surface area contributed by atoms with Crippen LogP contribution in [0.3, 0.4) is 0 Å². The first-order valence-electron chi connectivity index (χ1n) is 11.6. The number of nitrogens with zero attached hydrogens (tertiary/aromatic N) is 4. The van der Waals surface area contributed by atoms with Crippen molar-refractivity contribution in [3.8, 4) is 5.75 Å². The number of halogens is 3. The van der Waals surface area contributed by atoms with Gasteiger partial charge in [-0.1, -0.05) is 30.3 Å². The monoisotopic (exact) mass is 502 g/mol. The van der Waals surface area contributed by atoms with E-state index in [-0.39, 0.29) is 24.7 Å². The molecule has 0 spiro atoms. The van der Waals surface area contributed by atoms with Crippen LogP contribution >= 0.6 is 0 Å². The molecule has 1 aliphatic heterocycles. The van der Waals surface area contributed by atoms with E-state index in [0.717, 1.165) is 30.8 Å². The molecule has 0 saturated carbocycles. The fraction of sp³-hybridized carbons (Fsp3) is 0.385. The predicted molar refractivity (Wildman–Crippen MR) is 127 cm³/mol. The molecule has 1 saturated heterocycles. The molecular weight excluding hydrogens is 473 g/mol. The third kappa shape index (κ3) is 6.64. The van der Waals surface area contributed by atoms with Crippen molar-refractivity contribution in [3.05, 3.63) is 83.1 Å². The summed E-state index contributed by atoms with van der Waals surface area (Å²) in [5.41, 5.74) is 1.00. The maximum absolute atomic E-state index is 13.2. The Morgan fingerprint density at radius 2 is 1.72 bits per heavy atom. The molecule has 0 bridgehead atoms. The van der Waals surface area contributed by atoms with Gasteiger partial charge < -0.3 is 19.0 Å². The lowest BCUT2D eigenvalue weighted by atomic mass is 10.1. The summed E-state index contributed by atoms with van der Waals surface area (Å²) >= 11 is 0. The molecule has 7 nitrogen and oxygen atoms in total. The molecule has 1 amide bonds. The average molecular weight is 503 g/mol. The number of likely N-dealkylation sites (N-methyl/N-ethyl adjacent to an activating group) is 1. The number of hydrogen-bond donors (Lipinski definition) is 0. The van der Waals surface area contributed by atoms with Crippen LogP contribution in [-0.2, 0) is 25.8 Å². The van der Waals surface area contributed by atoms with Gasteiger partial charge in [0.15, 0.2) is 5.69 Å². The van der Waals surface area contributed by atoms with E-state index in [9.17, 15) is 18.0 Å². The number of ether oxygens (including phenoxy) is 1. The van der Waals surface area contributed by atoms with Crippen LogP contribution in [0.15, 0.2) is 59.2 Å². The van der Waals surface area contributed by atoms with Gasteiger partial charge in [-0.3, -0.25) is 9.69 Å². The van der Waals surface area contributed by atoms with Crippen molar-refractivity contribution in [3.63, 3.8) is 0 Å². The van der Waals surface area contributed by atoms with Gasteiger partial charge in [0.2, 0.25) is 5.89 Å². The molecular formula is C26H29F3N4O3. The minimum Gasteiger partial charge on any atom is -0.497 e. The quantitative estimate of drug-likeness (QED) is 0.458. The first-order valence-corrected chi connectivity index (χ1v) is 11.6. The molecule has 2 heterocycles. The van der Waals surface area contributed by atoms with Crippen LogP contribution < -0.4 is 4.74 Å². The van der Waals surface area contributed by atoms with Crippen LogP contribution in [0.2, 0.25) is 0 Å². The summed E-state index contributed by atoms with van der Waals surface area (Å²) in [7, 11) is 3.59. The number of hydrogen-bond acceptors (Lipinski definition) is 6. The summed E-state index contributed by atoms with van der Waals surface area (Å²) in [5.74, 6) is 0.855. The van der Waals surface area contributed by atoms with Crippen molar-refractivity contribution in [2.45, 2.75) is 25.8 Å². The Labute approximate surface area is 208 Å². The Kier molecular flexibility index (Phi) is 7.95. The van der Waals surface area contributed by atoms with Crippen LogP contribution in [0, 0.1) is 0 Å². The van der Waals surface area contributed by atoms with E-state index in [1.165, 1.54) is 12.3 Å². The molecule has 0 atom stereocenters. The molecule has 1 aliphatic rings. The van der Waals surface area contributed by atoms with Gasteiger partial charge in [-0.2, -0.15) is 13.2 Å². The van der Waals surface area contributed by atoms with Gasteiger partial charge in [-0.05, 0) is 36.4 Å². The van der Waals surface area contributed by atoms with Crippen LogP contribution in [0.1, 0.15) is 33.1 Å². The Hall–Kier alpha value is -3.37. The van der Waals surface area contributed by atoms with E-state index in [1.54, 1.807) is 18.1 Å². The topological polar surface area (TPSA) is 62.1 Å². The van der Waals surface area contributed by atoms with E-state index in [0.29, 0.717) is 36.8 Å². The van der Waals surface area contributed by atoms with E-state index < -0.39 is 11.7 Å². The molecule has 1 fully saturated rings. The average Bonchev–Trinajstić information content (AvgIpc) is 3.32. The molecule has 36 heavy (non-hydrogen) atoms. The number of oxazole rings is 1. The molecule has 1 aromatic heterocycles. The molecule has 0 aliphatic carbocycles. The van der Waals surface area contributed by atoms with Crippen molar-refractivity contribution in [1.82, 2.24) is 19.7 Å². The smallest absolute Gasteiger partial charge is 0.416 e. The lowest BCUT2D eigenvalue weighted by molar-refractivity contribution is -0.137.